The number of benzene rings is 1. The highest BCUT2D eigenvalue weighted by Crippen LogP contribution is 2.05. The summed E-state index contributed by atoms with van der Waals surface area (Å²) in [7, 11) is 4.16. The molecule has 0 unspecified atom stereocenters. The molecule has 0 saturated carbocycles. The van der Waals surface area contributed by atoms with Crippen molar-refractivity contribution in [3.05, 3.63) is 29.8 Å². The summed E-state index contributed by atoms with van der Waals surface area (Å²) in [6.45, 7) is 1.09. The summed E-state index contributed by atoms with van der Waals surface area (Å²) in [6.07, 6.45) is 1.09. The van der Waals surface area contributed by atoms with Crippen molar-refractivity contribution in [3.8, 4) is 0 Å². The van der Waals surface area contributed by atoms with Gasteiger partial charge in [-0.1, -0.05) is 12.1 Å². The maximum atomic E-state index is 5.57. The molecular weight excluding hydrogens is 148 g/mol. The molecule has 66 valence electrons. The molecule has 0 atom stereocenters. The Labute approximate surface area is 74.0 Å². The van der Waals surface area contributed by atoms with Crippen LogP contribution in [-0.2, 0) is 6.42 Å². The molecular formula is C10H16N2. The number of likely N-dealkylation sites (N-methyl/N-ethyl adjacent to an activating group) is 1. The van der Waals surface area contributed by atoms with Crippen LogP contribution < -0.4 is 5.73 Å². The van der Waals surface area contributed by atoms with Crippen molar-refractivity contribution < 1.29 is 0 Å². The van der Waals surface area contributed by atoms with Crippen LogP contribution in [-0.4, -0.2) is 25.5 Å². The van der Waals surface area contributed by atoms with Crippen molar-refractivity contribution >= 4 is 5.69 Å². The average molecular weight is 164 g/mol. The molecule has 2 N–H and O–H groups in total. The van der Waals surface area contributed by atoms with Gasteiger partial charge >= 0.3 is 0 Å². The molecule has 12 heavy (non-hydrogen) atoms. The Hall–Kier alpha value is -1.02. The second kappa shape index (κ2) is 4.12. The van der Waals surface area contributed by atoms with E-state index in [-0.39, 0.29) is 0 Å². The summed E-state index contributed by atoms with van der Waals surface area (Å²) in [4.78, 5) is 2.18. The standard InChI is InChI=1S/C10H16N2/c1-12(2)8-7-9-3-5-10(11)6-4-9/h3-6H,7-8,11H2,1-2H3. The highest BCUT2D eigenvalue weighted by molar-refractivity contribution is 5.39. The molecule has 0 aliphatic rings. The van der Waals surface area contributed by atoms with Crippen LogP contribution in [0.3, 0.4) is 0 Å². The molecule has 0 heterocycles. The van der Waals surface area contributed by atoms with E-state index in [1.807, 2.05) is 12.1 Å². The van der Waals surface area contributed by atoms with Gasteiger partial charge < -0.3 is 10.6 Å². The van der Waals surface area contributed by atoms with Gasteiger partial charge in [0, 0.05) is 12.2 Å². The zero-order valence-electron chi connectivity index (χ0n) is 7.75. The first-order chi connectivity index (χ1) is 5.68. The fourth-order valence-electron chi connectivity index (χ4n) is 1.04. The van der Waals surface area contributed by atoms with Gasteiger partial charge in [0.25, 0.3) is 0 Å². The third-order valence-corrected chi connectivity index (χ3v) is 1.83. The lowest BCUT2D eigenvalue weighted by Crippen LogP contribution is -2.14. The Kier molecular flexibility index (Phi) is 3.11. The molecule has 0 spiro atoms. The van der Waals surface area contributed by atoms with Gasteiger partial charge in [0.2, 0.25) is 0 Å². The van der Waals surface area contributed by atoms with E-state index in [0.717, 1.165) is 18.7 Å². The molecule has 2 heteroatoms. The van der Waals surface area contributed by atoms with Crippen LogP contribution in [0.25, 0.3) is 0 Å². The van der Waals surface area contributed by atoms with Gasteiger partial charge in [-0.3, -0.25) is 0 Å². The SMILES string of the molecule is CN(C)CCc1ccc(N)cc1. The van der Waals surface area contributed by atoms with Crippen LogP contribution in [0.15, 0.2) is 24.3 Å². The zero-order chi connectivity index (χ0) is 8.97. The van der Waals surface area contributed by atoms with Gasteiger partial charge in [-0.15, -0.1) is 0 Å². The first kappa shape index (κ1) is 9.07. The minimum atomic E-state index is 0.837. The maximum Gasteiger partial charge on any atom is 0.0314 e. The van der Waals surface area contributed by atoms with Crippen LogP contribution in [0.4, 0.5) is 5.69 Å². The zero-order valence-corrected chi connectivity index (χ0v) is 7.75. The molecule has 0 aromatic heterocycles. The Morgan fingerprint density at radius 1 is 1.17 bits per heavy atom. The lowest BCUT2D eigenvalue weighted by atomic mass is 10.1. The van der Waals surface area contributed by atoms with Crippen LogP contribution in [0.5, 0.6) is 0 Å². The Bertz CT molecular complexity index is 226. The van der Waals surface area contributed by atoms with E-state index in [2.05, 4.69) is 31.1 Å². The number of hydrogen-bond donors (Lipinski definition) is 1. The van der Waals surface area contributed by atoms with Gasteiger partial charge in [0.05, 0.1) is 0 Å². The number of anilines is 1. The summed E-state index contributed by atoms with van der Waals surface area (Å²) in [5.41, 5.74) is 7.75. The minimum Gasteiger partial charge on any atom is -0.399 e. The molecule has 1 aromatic carbocycles. The van der Waals surface area contributed by atoms with E-state index in [4.69, 9.17) is 5.73 Å². The van der Waals surface area contributed by atoms with E-state index in [9.17, 15) is 0 Å². The second-order valence-electron chi connectivity index (χ2n) is 3.29. The third-order valence-electron chi connectivity index (χ3n) is 1.83. The quantitative estimate of drug-likeness (QED) is 0.684. The largest absolute Gasteiger partial charge is 0.399 e. The van der Waals surface area contributed by atoms with Crippen molar-refractivity contribution in [2.45, 2.75) is 6.42 Å². The van der Waals surface area contributed by atoms with E-state index in [0.29, 0.717) is 0 Å². The Balaban J connectivity index is 2.48. The fourth-order valence-corrected chi connectivity index (χ4v) is 1.04. The fraction of sp³-hybridized carbons (Fsp3) is 0.400. The van der Waals surface area contributed by atoms with E-state index in [1.165, 1.54) is 5.56 Å². The monoisotopic (exact) mass is 164 g/mol. The summed E-state index contributed by atoms with van der Waals surface area (Å²) < 4.78 is 0. The van der Waals surface area contributed by atoms with Crippen molar-refractivity contribution in [1.82, 2.24) is 4.90 Å². The summed E-state index contributed by atoms with van der Waals surface area (Å²) in [6, 6.07) is 8.06. The molecule has 0 aliphatic heterocycles. The van der Waals surface area contributed by atoms with Crippen LogP contribution in [0.2, 0.25) is 0 Å². The third kappa shape index (κ3) is 2.93. The summed E-state index contributed by atoms with van der Waals surface area (Å²) in [5.74, 6) is 0. The van der Waals surface area contributed by atoms with Gasteiger partial charge in [-0.2, -0.15) is 0 Å². The molecule has 0 aliphatic carbocycles. The van der Waals surface area contributed by atoms with Crippen molar-refractivity contribution in [2.24, 2.45) is 0 Å². The Morgan fingerprint density at radius 2 is 1.75 bits per heavy atom. The second-order valence-corrected chi connectivity index (χ2v) is 3.29. The molecule has 0 radical (unpaired) electrons. The number of nitrogens with zero attached hydrogens (tertiary/aromatic N) is 1. The molecule has 0 fully saturated rings. The van der Waals surface area contributed by atoms with E-state index in [1.54, 1.807) is 0 Å². The van der Waals surface area contributed by atoms with Crippen molar-refractivity contribution in [2.75, 3.05) is 26.4 Å². The van der Waals surface area contributed by atoms with Crippen LogP contribution >= 0.6 is 0 Å². The first-order valence-corrected chi connectivity index (χ1v) is 4.17. The van der Waals surface area contributed by atoms with Crippen LogP contribution in [0, 0.1) is 0 Å². The number of nitrogens with two attached hydrogens (primary N) is 1. The molecule has 0 bridgehead atoms. The number of hydrogen-bond acceptors (Lipinski definition) is 2. The minimum absolute atomic E-state index is 0.837. The topological polar surface area (TPSA) is 29.3 Å². The smallest absolute Gasteiger partial charge is 0.0314 e. The predicted octanol–water partition coefficient (Wildman–Crippen LogP) is 1.37. The highest BCUT2D eigenvalue weighted by atomic mass is 15.0. The van der Waals surface area contributed by atoms with Gasteiger partial charge in [-0.05, 0) is 38.2 Å². The van der Waals surface area contributed by atoms with E-state index < -0.39 is 0 Å². The maximum absolute atomic E-state index is 5.57. The summed E-state index contributed by atoms with van der Waals surface area (Å²) in [5, 5.41) is 0. The lowest BCUT2D eigenvalue weighted by molar-refractivity contribution is 0.413. The van der Waals surface area contributed by atoms with Gasteiger partial charge in [0.15, 0.2) is 0 Å². The number of nitrogen functional groups attached to an aromatic ring is 1. The van der Waals surface area contributed by atoms with Gasteiger partial charge in [0.1, 0.15) is 0 Å². The molecule has 2 nitrogen and oxygen atoms in total. The van der Waals surface area contributed by atoms with E-state index >= 15 is 0 Å². The predicted molar refractivity (Wildman–Crippen MR) is 53.1 cm³/mol. The average Bonchev–Trinajstić information content (AvgIpc) is 2.03. The van der Waals surface area contributed by atoms with Gasteiger partial charge in [-0.25, -0.2) is 0 Å². The molecule has 1 rings (SSSR count). The lowest BCUT2D eigenvalue weighted by Gasteiger charge is -2.08. The van der Waals surface area contributed by atoms with Crippen molar-refractivity contribution in [3.63, 3.8) is 0 Å². The molecule has 0 amide bonds. The molecule has 0 saturated heterocycles. The first-order valence-electron chi connectivity index (χ1n) is 4.17. The highest BCUT2D eigenvalue weighted by Gasteiger charge is 1.93. The molecule has 1 aromatic rings. The normalized spacial score (nSPS) is 10.6. The van der Waals surface area contributed by atoms with Crippen LogP contribution in [0.1, 0.15) is 5.56 Å². The summed E-state index contributed by atoms with van der Waals surface area (Å²) >= 11 is 0. The Morgan fingerprint density at radius 3 is 2.25 bits per heavy atom. The number of rotatable bonds is 3. The van der Waals surface area contributed by atoms with Crippen molar-refractivity contribution in [1.29, 1.82) is 0 Å².